The number of benzene rings is 2. The van der Waals surface area contributed by atoms with Gasteiger partial charge in [-0.15, -0.1) is 0 Å². The number of pyridine rings is 1. The van der Waals surface area contributed by atoms with Crippen molar-refractivity contribution in [3.8, 4) is 0 Å². The molecule has 1 aromatic heterocycles. The van der Waals surface area contributed by atoms with Gasteiger partial charge in [-0.05, 0) is 54.8 Å². The molecule has 142 valence electrons. The Morgan fingerprint density at radius 1 is 0.893 bits per heavy atom. The summed E-state index contributed by atoms with van der Waals surface area (Å²) in [7, 11) is 0. The molecule has 0 radical (unpaired) electrons. The van der Waals surface area contributed by atoms with E-state index in [1.54, 1.807) is 42.6 Å². The number of amides is 1. The van der Waals surface area contributed by atoms with Crippen LogP contribution in [-0.4, -0.2) is 16.7 Å². The summed E-state index contributed by atoms with van der Waals surface area (Å²) in [6, 6.07) is 18.4. The first-order valence-electron chi connectivity index (χ1n) is 9.18. The van der Waals surface area contributed by atoms with Crippen LogP contribution in [0.3, 0.4) is 0 Å². The van der Waals surface area contributed by atoms with E-state index in [1.807, 2.05) is 12.1 Å². The van der Waals surface area contributed by atoms with Gasteiger partial charge in [0.15, 0.2) is 5.78 Å². The molecule has 2 N–H and O–H groups in total. The largest absolute Gasteiger partial charge is 0.340 e. The van der Waals surface area contributed by atoms with Crippen molar-refractivity contribution in [1.82, 2.24) is 4.98 Å². The average molecular weight is 373 g/mol. The third-order valence-corrected chi connectivity index (χ3v) is 4.40. The molecule has 0 unspecified atom stereocenters. The van der Waals surface area contributed by atoms with Gasteiger partial charge in [0, 0.05) is 28.7 Å². The van der Waals surface area contributed by atoms with E-state index < -0.39 is 0 Å². The minimum Gasteiger partial charge on any atom is -0.340 e. The second-order valence-corrected chi connectivity index (χ2v) is 6.92. The maximum Gasteiger partial charge on any atom is 0.255 e. The second kappa shape index (κ2) is 8.48. The van der Waals surface area contributed by atoms with Crippen LogP contribution in [0.15, 0.2) is 66.9 Å². The third kappa shape index (κ3) is 4.82. The Kier molecular flexibility index (Phi) is 5.84. The van der Waals surface area contributed by atoms with Crippen LogP contribution in [0.1, 0.15) is 53.0 Å². The molecule has 0 bridgehead atoms. The predicted molar refractivity (Wildman–Crippen MR) is 112 cm³/mol. The number of nitrogens with zero attached hydrogens (tertiary/aromatic N) is 1. The van der Waals surface area contributed by atoms with Crippen molar-refractivity contribution in [2.45, 2.75) is 26.7 Å². The number of anilines is 3. The van der Waals surface area contributed by atoms with Gasteiger partial charge < -0.3 is 10.6 Å². The fourth-order valence-corrected chi connectivity index (χ4v) is 2.76. The van der Waals surface area contributed by atoms with Crippen molar-refractivity contribution in [2.24, 2.45) is 0 Å². The molecule has 2 aromatic carbocycles. The van der Waals surface area contributed by atoms with Gasteiger partial charge >= 0.3 is 0 Å². The Labute approximate surface area is 164 Å². The van der Waals surface area contributed by atoms with Gasteiger partial charge in [-0.1, -0.05) is 38.1 Å². The Hall–Kier alpha value is -3.47. The lowest BCUT2D eigenvalue weighted by Gasteiger charge is -2.10. The number of rotatable bonds is 6. The van der Waals surface area contributed by atoms with Gasteiger partial charge in [-0.25, -0.2) is 4.98 Å². The van der Waals surface area contributed by atoms with E-state index in [1.165, 1.54) is 12.5 Å². The molecule has 5 heteroatoms. The summed E-state index contributed by atoms with van der Waals surface area (Å²) in [6.45, 7) is 5.80. The number of carbonyl (C=O) groups excluding carboxylic acids is 2. The van der Waals surface area contributed by atoms with Gasteiger partial charge in [-0.2, -0.15) is 0 Å². The summed E-state index contributed by atoms with van der Waals surface area (Å²) in [5.41, 5.74) is 3.78. The maximum atomic E-state index is 12.6. The summed E-state index contributed by atoms with van der Waals surface area (Å²) in [5.74, 6) is 0.749. The van der Waals surface area contributed by atoms with Crippen LogP contribution in [0.2, 0.25) is 0 Å². The summed E-state index contributed by atoms with van der Waals surface area (Å²) in [4.78, 5) is 28.4. The van der Waals surface area contributed by atoms with E-state index in [9.17, 15) is 9.59 Å². The number of ketones is 1. The Bertz CT molecular complexity index is 995. The minimum atomic E-state index is -0.263. The maximum absolute atomic E-state index is 12.6. The molecule has 0 saturated carbocycles. The Morgan fingerprint density at radius 2 is 1.64 bits per heavy atom. The van der Waals surface area contributed by atoms with Crippen LogP contribution in [-0.2, 0) is 0 Å². The molecule has 0 aliphatic rings. The SMILES string of the molecule is CC(=O)c1cccc(NC(=O)c2ccnc(Nc3ccc(C(C)C)cc3)c2)c1. The Balaban J connectivity index is 1.72. The average Bonchev–Trinajstić information content (AvgIpc) is 2.69. The number of hydrogen-bond donors (Lipinski definition) is 2. The fraction of sp³-hybridized carbons (Fsp3) is 0.174. The zero-order valence-corrected chi connectivity index (χ0v) is 16.2. The first-order chi connectivity index (χ1) is 13.4. The fourth-order valence-electron chi connectivity index (χ4n) is 2.76. The summed E-state index contributed by atoms with van der Waals surface area (Å²) in [5, 5.41) is 6.04. The van der Waals surface area contributed by atoms with E-state index in [4.69, 9.17) is 0 Å². The lowest BCUT2D eigenvalue weighted by Crippen LogP contribution is -2.12. The van der Waals surface area contributed by atoms with Crippen LogP contribution >= 0.6 is 0 Å². The number of aromatic nitrogens is 1. The van der Waals surface area contributed by atoms with Crippen LogP contribution in [0.4, 0.5) is 17.2 Å². The molecule has 1 heterocycles. The second-order valence-electron chi connectivity index (χ2n) is 6.92. The lowest BCUT2D eigenvalue weighted by molar-refractivity contribution is 0.101. The van der Waals surface area contributed by atoms with E-state index in [0.717, 1.165) is 5.69 Å². The van der Waals surface area contributed by atoms with Gasteiger partial charge in [-0.3, -0.25) is 9.59 Å². The predicted octanol–water partition coefficient (Wildman–Crippen LogP) is 5.40. The Morgan fingerprint density at radius 3 is 2.32 bits per heavy atom. The molecule has 0 fully saturated rings. The standard InChI is InChI=1S/C23H23N3O2/c1-15(2)17-7-9-20(10-8-17)25-22-14-19(11-12-24-22)23(28)26-21-6-4-5-18(13-21)16(3)27/h4-15H,1-3H3,(H,24,25)(H,26,28). The molecular weight excluding hydrogens is 350 g/mol. The summed E-state index contributed by atoms with van der Waals surface area (Å²) in [6.07, 6.45) is 1.59. The van der Waals surface area contributed by atoms with Crippen molar-refractivity contribution in [3.05, 3.63) is 83.6 Å². The van der Waals surface area contributed by atoms with Crippen molar-refractivity contribution in [1.29, 1.82) is 0 Å². The molecule has 0 aliphatic carbocycles. The van der Waals surface area contributed by atoms with Gasteiger partial charge in [0.05, 0.1) is 0 Å². The molecule has 0 saturated heterocycles. The highest BCUT2D eigenvalue weighted by molar-refractivity contribution is 6.05. The van der Waals surface area contributed by atoms with Gasteiger partial charge in [0.1, 0.15) is 5.82 Å². The molecule has 3 aromatic rings. The van der Waals surface area contributed by atoms with Crippen LogP contribution in [0.5, 0.6) is 0 Å². The number of carbonyl (C=O) groups is 2. The molecule has 28 heavy (non-hydrogen) atoms. The lowest BCUT2D eigenvalue weighted by atomic mass is 10.0. The topological polar surface area (TPSA) is 71.1 Å². The van der Waals surface area contributed by atoms with Crippen molar-refractivity contribution >= 4 is 28.9 Å². The first-order valence-corrected chi connectivity index (χ1v) is 9.18. The van der Waals surface area contributed by atoms with E-state index >= 15 is 0 Å². The quantitative estimate of drug-likeness (QED) is 0.567. The van der Waals surface area contributed by atoms with Gasteiger partial charge in [0.25, 0.3) is 5.91 Å². The summed E-state index contributed by atoms with van der Waals surface area (Å²) < 4.78 is 0. The zero-order chi connectivity index (χ0) is 20.1. The normalized spacial score (nSPS) is 10.6. The van der Waals surface area contributed by atoms with Crippen molar-refractivity contribution in [2.75, 3.05) is 10.6 Å². The summed E-state index contributed by atoms with van der Waals surface area (Å²) >= 11 is 0. The monoisotopic (exact) mass is 373 g/mol. The molecule has 1 amide bonds. The highest BCUT2D eigenvalue weighted by Crippen LogP contribution is 2.20. The van der Waals surface area contributed by atoms with Crippen molar-refractivity contribution in [3.63, 3.8) is 0 Å². The first kappa shape index (κ1) is 19.3. The number of hydrogen-bond acceptors (Lipinski definition) is 4. The van der Waals surface area contributed by atoms with E-state index in [0.29, 0.717) is 28.6 Å². The molecule has 5 nitrogen and oxygen atoms in total. The smallest absolute Gasteiger partial charge is 0.255 e. The molecule has 0 atom stereocenters. The molecule has 0 aliphatic heterocycles. The molecule has 0 spiro atoms. The van der Waals surface area contributed by atoms with E-state index in [-0.39, 0.29) is 11.7 Å². The van der Waals surface area contributed by atoms with Crippen LogP contribution in [0.25, 0.3) is 0 Å². The van der Waals surface area contributed by atoms with Gasteiger partial charge in [0.2, 0.25) is 0 Å². The van der Waals surface area contributed by atoms with Crippen molar-refractivity contribution < 1.29 is 9.59 Å². The number of nitrogens with one attached hydrogen (secondary N) is 2. The van der Waals surface area contributed by atoms with Crippen LogP contribution < -0.4 is 10.6 Å². The highest BCUT2D eigenvalue weighted by atomic mass is 16.1. The highest BCUT2D eigenvalue weighted by Gasteiger charge is 2.09. The third-order valence-electron chi connectivity index (χ3n) is 4.40. The minimum absolute atomic E-state index is 0.0463. The number of Topliss-reactive ketones (excluding diaryl/α,β-unsaturated/α-hetero) is 1. The molecular formula is C23H23N3O2. The van der Waals surface area contributed by atoms with E-state index in [2.05, 4.69) is 41.6 Å². The van der Waals surface area contributed by atoms with Crippen LogP contribution in [0, 0.1) is 0 Å². The molecule has 3 rings (SSSR count). The zero-order valence-electron chi connectivity index (χ0n) is 16.2.